The van der Waals surface area contributed by atoms with E-state index in [1.807, 2.05) is 0 Å². The highest BCUT2D eigenvalue weighted by molar-refractivity contribution is 7.59. The van der Waals surface area contributed by atoms with Crippen LogP contribution in [0.15, 0.2) is 0 Å². The molecule has 1 heterocycles. The monoisotopic (exact) mass is 274 g/mol. The van der Waals surface area contributed by atoms with E-state index in [1.54, 1.807) is 12.1 Å². The van der Waals surface area contributed by atoms with Crippen molar-refractivity contribution in [2.45, 2.75) is 75.3 Å². The van der Waals surface area contributed by atoms with Crippen LogP contribution in [0.25, 0.3) is 0 Å². The van der Waals surface area contributed by atoms with Crippen LogP contribution in [0.2, 0.25) is 38.3 Å². The van der Waals surface area contributed by atoms with E-state index in [9.17, 15) is 0 Å². The van der Waals surface area contributed by atoms with Crippen LogP contribution in [0, 0.1) is 0 Å². The highest BCUT2D eigenvalue weighted by Gasteiger charge is 2.50. The maximum Gasteiger partial charge on any atom is 0.115 e. The van der Waals surface area contributed by atoms with Crippen LogP contribution in [0.1, 0.15) is 25.7 Å². The van der Waals surface area contributed by atoms with Gasteiger partial charge in [0.1, 0.15) is 21.7 Å². The maximum atomic E-state index is 3.91. The smallest absolute Gasteiger partial charge is 0.115 e. The second-order valence-corrected chi connectivity index (χ2v) is 17.5. The van der Waals surface area contributed by atoms with E-state index in [0.717, 1.165) is 11.3 Å². The van der Waals surface area contributed by atoms with Gasteiger partial charge in [-0.2, -0.15) is 0 Å². The second-order valence-electron chi connectivity index (χ2n) is 7.01. The zero-order valence-electron chi connectivity index (χ0n) is 11.3. The van der Waals surface area contributed by atoms with Crippen molar-refractivity contribution in [1.29, 1.82) is 0 Å². The van der Waals surface area contributed by atoms with Crippen LogP contribution in [0.5, 0.6) is 0 Å². The molecule has 0 amide bonds. The number of rotatable bonds is 1. The molecule has 0 bridgehead atoms. The Labute approximate surface area is 109 Å². The number of hydrogen-bond donors (Lipinski definition) is 0. The quantitative estimate of drug-likeness (QED) is 0.525. The summed E-state index contributed by atoms with van der Waals surface area (Å²) in [6.45, 7) is 10.4. The lowest BCUT2D eigenvalue weighted by molar-refractivity contribution is 0.335. The van der Waals surface area contributed by atoms with Gasteiger partial charge in [0.05, 0.1) is 0 Å². The fraction of sp³-hybridized carbons (Fsp3) is 1.00. The van der Waals surface area contributed by atoms with Crippen molar-refractivity contribution in [1.82, 2.24) is 4.23 Å². The molecule has 0 N–H and O–H groups in total. The minimum absolute atomic E-state index is 0.786. The lowest BCUT2D eigenvalue weighted by Crippen LogP contribution is -2.60. The van der Waals surface area contributed by atoms with Gasteiger partial charge in [0, 0.05) is 12.5 Å². The van der Waals surface area contributed by atoms with Gasteiger partial charge >= 0.3 is 0 Å². The van der Waals surface area contributed by atoms with Gasteiger partial charge in [-0.3, -0.25) is 0 Å². The van der Waals surface area contributed by atoms with E-state index < -0.39 is 16.5 Å². The van der Waals surface area contributed by atoms with Crippen molar-refractivity contribution in [2.24, 2.45) is 0 Å². The van der Waals surface area contributed by atoms with E-state index >= 15 is 0 Å². The number of nitrogens with zero attached hydrogens (tertiary/aromatic N) is 1. The summed E-state index contributed by atoms with van der Waals surface area (Å²) in [5.74, 6) is 0. The highest BCUT2D eigenvalue weighted by Crippen LogP contribution is 2.41. The number of hydrogen-bond acceptors (Lipinski definition) is 1. The summed E-state index contributed by atoms with van der Waals surface area (Å²) in [5.41, 5.74) is 0. The van der Waals surface area contributed by atoms with Crippen LogP contribution < -0.4 is 0 Å². The Kier molecular flexibility index (Phi) is 3.66. The Balaban J connectivity index is 2.16. The van der Waals surface area contributed by atoms with Crippen molar-refractivity contribution in [3.8, 4) is 0 Å². The molecule has 2 unspecified atom stereocenters. The predicted octanol–water partition coefficient (Wildman–Crippen LogP) is 3.03. The summed E-state index contributed by atoms with van der Waals surface area (Å²) in [5, 5.41) is 0.786. The third kappa shape index (κ3) is 2.45. The predicted molar refractivity (Wildman–Crippen MR) is 82.6 cm³/mol. The largest absolute Gasteiger partial charge is 0.343 e. The van der Waals surface area contributed by atoms with E-state index in [2.05, 4.69) is 43.0 Å². The molecule has 2 rings (SSSR count). The Bertz CT molecular complexity index is 252. The average molecular weight is 275 g/mol. The van der Waals surface area contributed by atoms with Gasteiger partial charge in [-0.25, -0.2) is 0 Å². The summed E-state index contributed by atoms with van der Waals surface area (Å²) >= 11 is 3.91. The standard InChI is InChI=1S/C12H27NSSi2/c1-15(2)8-9-16(3,4)13(15)11-6-5-7-12(14)10-11/h11-12,14H,5-10H2,1-4H3/p+1. The van der Waals surface area contributed by atoms with Gasteiger partial charge in [-0.15, -0.1) is 0 Å². The van der Waals surface area contributed by atoms with Crippen LogP contribution in [0.4, 0.5) is 0 Å². The molecule has 1 aliphatic heterocycles. The first kappa shape index (κ1) is 13.2. The van der Waals surface area contributed by atoms with Crippen molar-refractivity contribution in [3.63, 3.8) is 0 Å². The summed E-state index contributed by atoms with van der Waals surface area (Å²) in [6, 6.07) is 4.02. The molecule has 0 radical (unpaired) electrons. The molecule has 1 nitrogen and oxygen atoms in total. The minimum atomic E-state index is -1.05. The molecule has 16 heavy (non-hydrogen) atoms. The Morgan fingerprint density at radius 2 is 1.56 bits per heavy atom. The SMILES string of the molecule is C[Si]1(C)CC[Si](C)(C)N1C1CCCC([SH2+])C1. The molecular weight excluding hydrogens is 246 g/mol. The third-order valence-electron chi connectivity index (χ3n) is 4.66. The van der Waals surface area contributed by atoms with E-state index in [0.29, 0.717) is 0 Å². The van der Waals surface area contributed by atoms with Crippen molar-refractivity contribution >= 4 is 29.1 Å². The fourth-order valence-electron chi connectivity index (χ4n) is 4.06. The van der Waals surface area contributed by atoms with E-state index in [-0.39, 0.29) is 0 Å². The molecule has 0 aromatic carbocycles. The maximum absolute atomic E-state index is 3.91. The summed E-state index contributed by atoms with van der Waals surface area (Å²) < 4.78 is 3.10. The topological polar surface area (TPSA) is 3.24 Å². The van der Waals surface area contributed by atoms with Crippen molar-refractivity contribution < 1.29 is 0 Å². The van der Waals surface area contributed by atoms with Crippen LogP contribution in [-0.2, 0) is 12.6 Å². The molecule has 1 saturated carbocycles. The van der Waals surface area contributed by atoms with E-state index in [4.69, 9.17) is 0 Å². The average Bonchev–Trinajstić information content (AvgIpc) is 2.35. The molecule has 2 atom stereocenters. The van der Waals surface area contributed by atoms with Crippen LogP contribution >= 0.6 is 0 Å². The van der Waals surface area contributed by atoms with Gasteiger partial charge in [-0.05, 0) is 44.0 Å². The first-order valence-electron chi connectivity index (χ1n) is 6.83. The van der Waals surface area contributed by atoms with E-state index in [1.165, 1.54) is 25.7 Å². The zero-order valence-corrected chi connectivity index (χ0v) is 14.3. The molecule has 4 heteroatoms. The summed E-state index contributed by atoms with van der Waals surface area (Å²) in [6.07, 6.45) is 5.70. The molecule has 1 saturated heterocycles. The molecule has 1 aliphatic carbocycles. The van der Waals surface area contributed by atoms with Crippen molar-refractivity contribution in [2.75, 3.05) is 0 Å². The van der Waals surface area contributed by atoms with Gasteiger partial charge in [0.15, 0.2) is 0 Å². The van der Waals surface area contributed by atoms with Gasteiger partial charge < -0.3 is 4.23 Å². The normalized spacial score (nSPS) is 38.8. The minimum Gasteiger partial charge on any atom is -0.343 e. The fourth-order valence-corrected chi connectivity index (χ4v) is 19.6. The molecule has 0 spiro atoms. The third-order valence-corrected chi connectivity index (χ3v) is 15.6. The molecular formula is C12H28NSSi2+. The Morgan fingerprint density at radius 3 is 2.06 bits per heavy atom. The highest BCUT2D eigenvalue weighted by atomic mass is 32.1. The van der Waals surface area contributed by atoms with Crippen LogP contribution in [0.3, 0.4) is 0 Å². The lowest BCUT2D eigenvalue weighted by atomic mass is 9.96. The molecule has 0 aromatic heterocycles. The first-order chi connectivity index (χ1) is 7.33. The van der Waals surface area contributed by atoms with Crippen LogP contribution in [-0.4, -0.2) is 32.0 Å². The molecule has 2 aliphatic rings. The lowest BCUT2D eigenvalue weighted by Gasteiger charge is -2.46. The second kappa shape index (κ2) is 4.45. The Hall–Kier alpha value is 0.744. The molecule has 0 aromatic rings. The van der Waals surface area contributed by atoms with Gasteiger partial charge in [0.2, 0.25) is 0 Å². The first-order valence-corrected chi connectivity index (χ1v) is 13.7. The zero-order chi connectivity index (χ0) is 12.0. The molecule has 2 fully saturated rings. The summed E-state index contributed by atoms with van der Waals surface area (Å²) in [7, 11) is -2.10. The summed E-state index contributed by atoms with van der Waals surface area (Å²) in [4.78, 5) is 0. The molecule has 94 valence electrons. The van der Waals surface area contributed by atoms with Gasteiger partial charge in [0.25, 0.3) is 0 Å². The van der Waals surface area contributed by atoms with Gasteiger partial charge in [-0.1, -0.05) is 26.2 Å². The van der Waals surface area contributed by atoms with Crippen molar-refractivity contribution in [3.05, 3.63) is 0 Å². The Morgan fingerprint density at radius 1 is 1.00 bits per heavy atom.